The first kappa shape index (κ1) is 20.4. The van der Waals surface area contributed by atoms with Crippen LogP contribution in [0.4, 0.5) is 5.69 Å². The summed E-state index contributed by atoms with van der Waals surface area (Å²) < 4.78 is 2.88. The zero-order chi connectivity index (χ0) is 21.1. The standard InChI is InChI=1S/C22H19BrN4O2S/c1-2-27-21(16-9-5-6-10-19(16)28)25-26-22(27)30-13-20(29)24-18-12-11-17(23)14-7-3-4-8-15(14)18/h3-12,28H,2,13H2,1H3,(H,24,29). The molecule has 8 heteroatoms. The van der Waals surface area contributed by atoms with Crippen molar-refractivity contribution in [1.82, 2.24) is 14.8 Å². The van der Waals surface area contributed by atoms with E-state index < -0.39 is 0 Å². The van der Waals surface area contributed by atoms with Crippen molar-refractivity contribution in [3.8, 4) is 17.1 Å². The Morgan fingerprint density at radius 2 is 1.80 bits per heavy atom. The van der Waals surface area contributed by atoms with Crippen LogP contribution in [0.15, 0.2) is 70.3 Å². The monoisotopic (exact) mass is 482 g/mol. The minimum Gasteiger partial charge on any atom is -0.507 e. The topological polar surface area (TPSA) is 80.0 Å². The normalized spacial score (nSPS) is 11.0. The smallest absolute Gasteiger partial charge is 0.234 e. The molecule has 1 aromatic heterocycles. The van der Waals surface area contributed by atoms with Gasteiger partial charge in [-0.1, -0.05) is 64.1 Å². The largest absolute Gasteiger partial charge is 0.507 e. The summed E-state index contributed by atoms with van der Waals surface area (Å²) in [6, 6.07) is 18.7. The van der Waals surface area contributed by atoms with Crippen molar-refractivity contribution in [3.05, 3.63) is 65.1 Å². The second-order valence-electron chi connectivity index (χ2n) is 6.54. The van der Waals surface area contributed by atoms with Crippen LogP contribution in [0.2, 0.25) is 0 Å². The summed E-state index contributed by atoms with van der Waals surface area (Å²) in [5, 5.41) is 24.2. The average Bonchev–Trinajstić information content (AvgIpc) is 3.17. The van der Waals surface area contributed by atoms with Crippen molar-refractivity contribution >= 4 is 50.1 Å². The van der Waals surface area contributed by atoms with Gasteiger partial charge in [0.25, 0.3) is 0 Å². The van der Waals surface area contributed by atoms with Crippen molar-refractivity contribution in [2.24, 2.45) is 0 Å². The van der Waals surface area contributed by atoms with Gasteiger partial charge in [-0.25, -0.2) is 0 Å². The van der Waals surface area contributed by atoms with Gasteiger partial charge in [0.2, 0.25) is 5.91 Å². The number of amides is 1. The molecule has 0 bridgehead atoms. The summed E-state index contributed by atoms with van der Waals surface area (Å²) in [5.41, 5.74) is 1.38. The van der Waals surface area contributed by atoms with Crippen LogP contribution in [0.5, 0.6) is 5.75 Å². The predicted octanol–water partition coefficient (Wildman–Crippen LogP) is 5.32. The zero-order valence-corrected chi connectivity index (χ0v) is 18.6. The number of hydrogen-bond donors (Lipinski definition) is 2. The summed E-state index contributed by atoms with van der Waals surface area (Å²) >= 11 is 4.86. The van der Waals surface area contributed by atoms with E-state index in [4.69, 9.17) is 0 Å². The molecule has 1 amide bonds. The molecule has 0 radical (unpaired) electrons. The molecule has 30 heavy (non-hydrogen) atoms. The Hall–Kier alpha value is -2.84. The van der Waals surface area contributed by atoms with Crippen LogP contribution in [0.3, 0.4) is 0 Å². The van der Waals surface area contributed by atoms with E-state index in [0.29, 0.717) is 23.1 Å². The number of rotatable bonds is 6. The fraction of sp³-hybridized carbons (Fsp3) is 0.136. The molecule has 3 aromatic carbocycles. The van der Waals surface area contributed by atoms with E-state index in [1.807, 2.05) is 54.0 Å². The van der Waals surface area contributed by atoms with E-state index in [9.17, 15) is 9.90 Å². The van der Waals surface area contributed by atoms with Gasteiger partial charge in [-0.05, 0) is 36.6 Å². The van der Waals surface area contributed by atoms with Gasteiger partial charge in [-0.2, -0.15) is 0 Å². The first-order valence-electron chi connectivity index (χ1n) is 9.40. The highest BCUT2D eigenvalue weighted by Gasteiger charge is 2.17. The molecule has 0 aliphatic heterocycles. The van der Waals surface area contributed by atoms with E-state index >= 15 is 0 Å². The number of nitrogens with one attached hydrogen (secondary N) is 1. The Labute approximate surface area is 186 Å². The second kappa shape index (κ2) is 8.89. The maximum atomic E-state index is 12.6. The number of nitrogens with zero attached hydrogens (tertiary/aromatic N) is 3. The van der Waals surface area contributed by atoms with Gasteiger partial charge in [-0.3, -0.25) is 4.79 Å². The number of phenolic OH excluding ortho intramolecular Hbond substituents is 1. The molecule has 6 nitrogen and oxygen atoms in total. The Morgan fingerprint density at radius 3 is 2.57 bits per heavy atom. The molecule has 4 aromatic rings. The summed E-state index contributed by atoms with van der Waals surface area (Å²) in [6.45, 7) is 2.60. The van der Waals surface area contributed by atoms with Crippen LogP contribution >= 0.6 is 27.7 Å². The number of para-hydroxylation sites is 1. The molecule has 0 aliphatic rings. The van der Waals surface area contributed by atoms with Crippen LogP contribution in [0, 0.1) is 0 Å². The Balaban J connectivity index is 1.50. The van der Waals surface area contributed by atoms with Crippen LogP contribution < -0.4 is 5.32 Å². The van der Waals surface area contributed by atoms with Crippen LogP contribution in [0.1, 0.15) is 6.92 Å². The number of halogens is 1. The van der Waals surface area contributed by atoms with Gasteiger partial charge < -0.3 is 15.0 Å². The van der Waals surface area contributed by atoms with Crippen LogP contribution in [-0.4, -0.2) is 31.5 Å². The molecular formula is C22H19BrN4O2S. The number of hydrogen-bond acceptors (Lipinski definition) is 5. The van der Waals surface area contributed by atoms with Gasteiger partial charge in [0, 0.05) is 22.1 Å². The SMILES string of the molecule is CCn1c(SCC(=O)Nc2ccc(Br)c3ccccc23)nnc1-c1ccccc1O. The van der Waals surface area contributed by atoms with Crippen molar-refractivity contribution < 1.29 is 9.90 Å². The maximum Gasteiger partial charge on any atom is 0.234 e. The minimum absolute atomic E-state index is 0.123. The minimum atomic E-state index is -0.123. The molecule has 0 fully saturated rings. The first-order valence-corrected chi connectivity index (χ1v) is 11.2. The maximum absolute atomic E-state index is 12.6. The number of carbonyl (C=O) groups is 1. The van der Waals surface area contributed by atoms with E-state index in [1.54, 1.807) is 18.2 Å². The number of aromatic nitrogens is 3. The summed E-state index contributed by atoms with van der Waals surface area (Å²) in [5.74, 6) is 0.805. The number of phenols is 1. The van der Waals surface area contributed by atoms with Gasteiger partial charge in [0.05, 0.1) is 11.3 Å². The second-order valence-corrected chi connectivity index (χ2v) is 8.34. The van der Waals surface area contributed by atoms with Crippen molar-refractivity contribution in [1.29, 1.82) is 0 Å². The highest BCUT2D eigenvalue weighted by atomic mass is 79.9. The lowest BCUT2D eigenvalue weighted by molar-refractivity contribution is -0.113. The number of carbonyl (C=O) groups excluding carboxylic acids is 1. The highest BCUT2D eigenvalue weighted by Crippen LogP contribution is 2.31. The molecule has 0 saturated heterocycles. The van der Waals surface area contributed by atoms with Crippen LogP contribution in [0.25, 0.3) is 22.2 Å². The van der Waals surface area contributed by atoms with Crippen molar-refractivity contribution in [2.45, 2.75) is 18.6 Å². The number of thioether (sulfide) groups is 1. The molecule has 0 unspecified atom stereocenters. The number of fused-ring (bicyclic) bond motifs is 1. The Kier molecular flexibility index (Phi) is 6.06. The quantitative estimate of drug-likeness (QED) is 0.363. The van der Waals surface area contributed by atoms with E-state index in [-0.39, 0.29) is 17.4 Å². The van der Waals surface area contributed by atoms with Crippen molar-refractivity contribution in [3.63, 3.8) is 0 Å². The van der Waals surface area contributed by atoms with E-state index in [1.165, 1.54) is 11.8 Å². The zero-order valence-electron chi connectivity index (χ0n) is 16.2. The molecular weight excluding hydrogens is 464 g/mol. The lowest BCUT2D eigenvalue weighted by Crippen LogP contribution is -2.15. The number of benzene rings is 3. The Morgan fingerprint density at radius 1 is 1.07 bits per heavy atom. The third-order valence-electron chi connectivity index (χ3n) is 4.66. The highest BCUT2D eigenvalue weighted by molar-refractivity contribution is 9.10. The summed E-state index contributed by atoms with van der Waals surface area (Å²) in [7, 11) is 0. The van der Waals surface area contributed by atoms with E-state index in [2.05, 4.69) is 31.4 Å². The number of anilines is 1. The van der Waals surface area contributed by atoms with Gasteiger partial charge in [0.15, 0.2) is 11.0 Å². The molecule has 0 aliphatic carbocycles. The molecule has 0 spiro atoms. The predicted molar refractivity (Wildman–Crippen MR) is 124 cm³/mol. The summed E-state index contributed by atoms with van der Waals surface area (Å²) in [4.78, 5) is 12.6. The molecule has 4 rings (SSSR count). The number of aromatic hydroxyl groups is 1. The third kappa shape index (κ3) is 4.06. The molecule has 152 valence electrons. The molecule has 2 N–H and O–H groups in total. The van der Waals surface area contributed by atoms with Crippen LogP contribution in [-0.2, 0) is 11.3 Å². The first-order chi connectivity index (χ1) is 14.6. The molecule has 0 atom stereocenters. The van der Waals surface area contributed by atoms with Crippen molar-refractivity contribution in [2.75, 3.05) is 11.1 Å². The van der Waals surface area contributed by atoms with Gasteiger partial charge >= 0.3 is 0 Å². The lowest BCUT2D eigenvalue weighted by Gasteiger charge is -2.11. The molecule has 0 saturated carbocycles. The Bertz CT molecular complexity index is 1220. The van der Waals surface area contributed by atoms with Gasteiger partial charge in [-0.15, -0.1) is 10.2 Å². The summed E-state index contributed by atoms with van der Waals surface area (Å²) in [6.07, 6.45) is 0. The molecule has 1 heterocycles. The van der Waals surface area contributed by atoms with Gasteiger partial charge in [0.1, 0.15) is 5.75 Å². The average molecular weight is 483 g/mol. The fourth-order valence-corrected chi connectivity index (χ4v) is 4.51. The third-order valence-corrected chi connectivity index (χ3v) is 6.31. The van der Waals surface area contributed by atoms with E-state index in [0.717, 1.165) is 20.9 Å². The fourth-order valence-electron chi connectivity index (χ4n) is 3.23. The lowest BCUT2D eigenvalue weighted by atomic mass is 10.1.